The highest BCUT2D eigenvalue weighted by Crippen LogP contribution is 2.11. The molecule has 2 saturated heterocycles. The van der Waals surface area contributed by atoms with Gasteiger partial charge in [0.25, 0.3) is 0 Å². The van der Waals surface area contributed by atoms with Crippen molar-refractivity contribution in [3.63, 3.8) is 0 Å². The second-order valence-corrected chi connectivity index (χ2v) is 5.36. The van der Waals surface area contributed by atoms with Gasteiger partial charge in [-0.2, -0.15) is 0 Å². The van der Waals surface area contributed by atoms with Crippen molar-refractivity contribution in [2.24, 2.45) is 0 Å². The van der Waals surface area contributed by atoms with Crippen molar-refractivity contribution in [2.75, 3.05) is 46.5 Å². The number of carbonyl (C=O) groups is 2. The average Bonchev–Trinajstić information content (AvgIpc) is 2.55. The fraction of sp³-hybridized carbons (Fsp3) is 0.857. The van der Waals surface area contributed by atoms with Crippen LogP contribution in [0, 0.1) is 0 Å². The number of nitrogens with one attached hydrogen (secondary N) is 2. The van der Waals surface area contributed by atoms with E-state index in [4.69, 9.17) is 9.47 Å². The molecule has 2 rings (SSSR count). The first-order valence-electron chi connectivity index (χ1n) is 7.63. The molecule has 0 radical (unpaired) electrons. The molecule has 2 amide bonds. The summed E-state index contributed by atoms with van der Waals surface area (Å²) in [5, 5.41) is 5.85. The number of hydrogen-bond donors (Lipinski definition) is 2. The second-order valence-electron chi connectivity index (χ2n) is 5.36. The van der Waals surface area contributed by atoms with Crippen LogP contribution in [0.3, 0.4) is 0 Å². The van der Waals surface area contributed by atoms with Crippen molar-refractivity contribution in [2.45, 2.75) is 31.4 Å². The van der Waals surface area contributed by atoms with Crippen LogP contribution in [-0.2, 0) is 19.1 Å². The number of morpholine rings is 1. The highest BCUT2D eigenvalue weighted by Gasteiger charge is 2.32. The smallest absolute Gasteiger partial charge is 0.244 e. The summed E-state index contributed by atoms with van der Waals surface area (Å²) in [6.07, 6.45) is 2.55. The molecular formula is C14H25N3O4. The summed E-state index contributed by atoms with van der Waals surface area (Å²) in [6.45, 7) is 3.57. The van der Waals surface area contributed by atoms with Crippen LogP contribution >= 0.6 is 0 Å². The number of likely N-dealkylation sites (N-methyl/N-ethyl adjacent to an activating group) is 1. The Balaban J connectivity index is 1.76. The van der Waals surface area contributed by atoms with E-state index in [0.717, 1.165) is 25.9 Å². The average molecular weight is 299 g/mol. The molecule has 0 aromatic heterocycles. The molecule has 21 heavy (non-hydrogen) atoms. The molecule has 2 heterocycles. The van der Waals surface area contributed by atoms with Crippen LogP contribution in [0.1, 0.15) is 19.3 Å². The van der Waals surface area contributed by atoms with E-state index in [2.05, 4.69) is 10.6 Å². The number of hydrogen-bond acceptors (Lipinski definition) is 5. The number of piperidine rings is 1. The topological polar surface area (TPSA) is 79.9 Å². The first kappa shape index (κ1) is 16.2. The van der Waals surface area contributed by atoms with Crippen LogP contribution in [0.25, 0.3) is 0 Å². The van der Waals surface area contributed by atoms with Crippen LogP contribution in [0.4, 0.5) is 0 Å². The van der Waals surface area contributed by atoms with Crippen molar-refractivity contribution >= 4 is 11.8 Å². The third-order valence-corrected chi connectivity index (χ3v) is 3.95. The first-order chi connectivity index (χ1) is 10.2. The van der Waals surface area contributed by atoms with Gasteiger partial charge in [-0.3, -0.25) is 9.59 Å². The van der Waals surface area contributed by atoms with Gasteiger partial charge in [0.15, 0.2) is 0 Å². The monoisotopic (exact) mass is 299 g/mol. The molecule has 0 aromatic carbocycles. The summed E-state index contributed by atoms with van der Waals surface area (Å²) in [5.41, 5.74) is 0. The molecule has 2 N–H and O–H groups in total. The van der Waals surface area contributed by atoms with Gasteiger partial charge in [0.2, 0.25) is 11.8 Å². The standard InChI is InChI=1S/C14H25N3O4/c1-15-14(19)12-10-20-9-7-17(12)13(18)4-8-21-11-2-5-16-6-3-11/h11-12,16H,2-10H2,1H3,(H,15,19). The Hall–Kier alpha value is -1.18. The molecule has 0 aromatic rings. The van der Waals surface area contributed by atoms with E-state index in [1.807, 2.05) is 0 Å². The Morgan fingerprint density at radius 2 is 2.14 bits per heavy atom. The van der Waals surface area contributed by atoms with Crippen molar-refractivity contribution in [3.05, 3.63) is 0 Å². The largest absolute Gasteiger partial charge is 0.378 e. The van der Waals surface area contributed by atoms with Gasteiger partial charge in [-0.25, -0.2) is 0 Å². The van der Waals surface area contributed by atoms with Gasteiger partial charge < -0.3 is 25.0 Å². The van der Waals surface area contributed by atoms with Crippen molar-refractivity contribution in [3.8, 4) is 0 Å². The maximum Gasteiger partial charge on any atom is 0.244 e. The van der Waals surface area contributed by atoms with Crippen LogP contribution in [0.2, 0.25) is 0 Å². The minimum atomic E-state index is -0.518. The second kappa shape index (κ2) is 8.31. The first-order valence-corrected chi connectivity index (χ1v) is 7.63. The summed E-state index contributed by atoms with van der Waals surface area (Å²) in [7, 11) is 1.57. The third kappa shape index (κ3) is 4.66. The molecule has 2 fully saturated rings. The molecule has 0 aliphatic carbocycles. The van der Waals surface area contributed by atoms with E-state index in [9.17, 15) is 9.59 Å². The Morgan fingerprint density at radius 3 is 2.86 bits per heavy atom. The van der Waals surface area contributed by atoms with Gasteiger partial charge in [-0.05, 0) is 25.9 Å². The Labute approximate surface area is 125 Å². The van der Waals surface area contributed by atoms with Crippen molar-refractivity contribution in [1.29, 1.82) is 0 Å². The summed E-state index contributed by atoms with van der Waals surface area (Å²) < 4.78 is 11.0. The zero-order valence-electron chi connectivity index (χ0n) is 12.6. The van der Waals surface area contributed by atoms with E-state index in [1.165, 1.54) is 0 Å². The van der Waals surface area contributed by atoms with Gasteiger partial charge in [0.05, 0.1) is 32.3 Å². The Bertz CT molecular complexity index is 358. The van der Waals surface area contributed by atoms with Crippen molar-refractivity contribution < 1.29 is 19.1 Å². The van der Waals surface area contributed by atoms with Crippen LogP contribution < -0.4 is 10.6 Å². The van der Waals surface area contributed by atoms with Gasteiger partial charge in [-0.1, -0.05) is 0 Å². The van der Waals surface area contributed by atoms with E-state index < -0.39 is 6.04 Å². The number of rotatable bonds is 5. The van der Waals surface area contributed by atoms with E-state index in [1.54, 1.807) is 11.9 Å². The molecule has 1 atom stereocenters. The molecule has 7 heteroatoms. The number of carbonyl (C=O) groups excluding carboxylic acids is 2. The quantitative estimate of drug-likeness (QED) is 0.689. The predicted molar refractivity (Wildman–Crippen MR) is 76.8 cm³/mol. The highest BCUT2D eigenvalue weighted by molar-refractivity contribution is 5.87. The van der Waals surface area contributed by atoms with E-state index in [0.29, 0.717) is 26.2 Å². The summed E-state index contributed by atoms with van der Waals surface area (Å²) in [6, 6.07) is -0.518. The number of ether oxygens (including phenoxy) is 2. The lowest BCUT2D eigenvalue weighted by Gasteiger charge is -2.34. The van der Waals surface area contributed by atoms with Crippen molar-refractivity contribution in [1.82, 2.24) is 15.5 Å². The maximum atomic E-state index is 12.3. The fourth-order valence-corrected chi connectivity index (χ4v) is 2.70. The Morgan fingerprint density at radius 1 is 1.38 bits per heavy atom. The normalized spacial score (nSPS) is 23.9. The summed E-state index contributed by atoms with van der Waals surface area (Å²) in [5.74, 6) is -0.219. The molecule has 0 saturated carbocycles. The molecule has 0 bridgehead atoms. The van der Waals surface area contributed by atoms with Crippen LogP contribution in [0.5, 0.6) is 0 Å². The lowest BCUT2D eigenvalue weighted by atomic mass is 10.1. The number of nitrogens with zero attached hydrogens (tertiary/aromatic N) is 1. The SMILES string of the molecule is CNC(=O)C1COCCN1C(=O)CCOC1CCNCC1. The molecule has 2 aliphatic rings. The summed E-state index contributed by atoms with van der Waals surface area (Å²) in [4.78, 5) is 25.7. The lowest BCUT2D eigenvalue weighted by Crippen LogP contribution is -2.55. The predicted octanol–water partition coefficient (Wildman–Crippen LogP) is -0.881. The van der Waals surface area contributed by atoms with Gasteiger partial charge >= 0.3 is 0 Å². The fourth-order valence-electron chi connectivity index (χ4n) is 2.70. The molecule has 2 aliphatic heterocycles. The van der Waals surface area contributed by atoms with E-state index >= 15 is 0 Å². The zero-order chi connectivity index (χ0) is 15.1. The highest BCUT2D eigenvalue weighted by atomic mass is 16.5. The van der Waals surface area contributed by atoms with E-state index in [-0.39, 0.29) is 24.5 Å². The Kier molecular flexibility index (Phi) is 6.41. The zero-order valence-corrected chi connectivity index (χ0v) is 12.6. The molecule has 120 valence electrons. The summed E-state index contributed by atoms with van der Waals surface area (Å²) >= 11 is 0. The minimum absolute atomic E-state index is 0.0409. The van der Waals surface area contributed by atoms with Gasteiger partial charge in [0, 0.05) is 13.6 Å². The maximum absolute atomic E-state index is 12.3. The van der Waals surface area contributed by atoms with Crippen LogP contribution in [0.15, 0.2) is 0 Å². The van der Waals surface area contributed by atoms with Crippen LogP contribution in [-0.4, -0.2) is 75.4 Å². The molecule has 7 nitrogen and oxygen atoms in total. The van der Waals surface area contributed by atoms with Gasteiger partial charge in [0.1, 0.15) is 6.04 Å². The molecule has 1 unspecified atom stereocenters. The number of amides is 2. The third-order valence-electron chi connectivity index (χ3n) is 3.95. The molecule has 0 spiro atoms. The lowest BCUT2D eigenvalue weighted by molar-refractivity contribution is -0.149. The van der Waals surface area contributed by atoms with Gasteiger partial charge in [-0.15, -0.1) is 0 Å². The molecular weight excluding hydrogens is 274 g/mol. The minimum Gasteiger partial charge on any atom is -0.378 e.